The molecule has 0 radical (unpaired) electrons. The number of aliphatic hydroxyl groups excluding tert-OH is 1. The third-order valence-corrected chi connectivity index (χ3v) is 5.25. The van der Waals surface area contributed by atoms with Crippen LogP contribution in [0.1, 0.15) is 24.9 Å². The molecule has 1 aromatic rings. The van der Waals surface area contributed by atoms with E-state index in [1.165, 1.54) is 11.8 Å². The van der Waals surface area contributed by atoms with Crippen LogP contribution in [-0.4, -0.2) is 68.2 Å². The Morgan fingerprint density at radius 2 is 2.04 bits per heavy atom. The van der Waals surface area contributed by atoms with Crippen LogP contribution in [0.25, 0.3) is 0 Å². The van der Waals surface area contributed by atoms with Crippen molar-refractivity contribution in [3.05, 3.63) is 41.2 Å². The second-order valence-corrected chi connectivity index (χ2v) is 6.93. The average Bonchev–Trinajstić information content (AvgIpc) is 2.93. The maximum atomic E-state index is 12.7. The molecule has 2 N–H and O–H groups in total. The van der Waals surface area contributed by atoms with Crippen molar-refractivity contribution in [1.82, 2.24) is 4.90 Å². The number of ether oxygens (including phenoxy) is 2. The monoisotopic (exact) mass is 375 g/mol. The van der Waals surface area contributed by atoms with Crippen molar-refractivity contribution in [3.63, 3.8) is 0 Å². The number of hydrogen-bond acceptors (Lipinski definition) is 5. The SMILES string of the molecule is COc1ccccc1[C@H]1C(C(C)=O)=C(O)C(=O)N1CCC[NH+]1CCOCC1. The summed E-state index contributed by atoms with van der Waals surface area (Å²) < 4.78 is 10.8. The van der Waals surface area contributed by atoms with Crippen LogP contribution in [0.5, 0.6) is 5.75 Å². The van der Waals surface area contributed by atoms with E-state index in [9.17, 15) is 14.7 Å². The van der Waals surface area contributed by atoms with Gasteiger partial charge in [0, 0.05) is 18.5 Å². The van der Waals surface area contributed by atoms with Crippen molar-refractivity contribution in [3.8, 4) is 5.75 Å². The van der Waals surface area contributed by atoms with Gasteiger partial charge in [-0.15, -0.1) is 0 Å². The van der Waals surface area contributed by atoms with Crippen molar-refractivity contribution in [2.24, 2.45) is 0 Å². The summed E-state index contributed by atoms with van der Waals surface area (Å²) >= 11 is 0. The van der Waals surface area contributed by atoms with Crippen LogP contribution in [0.2, 0.25) is 0 Å². The molecule has 0 aliphatic carbocycles. The Morgan fingerprint density at radius 3 is 2.70 bits per heavy atom. The smallest absolute Gasteiger partial charge is 0.290 e. The molecule has 1 saturated heterocycles. The van der Waals surface area contributed by atoms with E-state index in [0.717, 1.165) is 39.3 Å². The minimum Gasteiger partial charge on any atom is -0.503 e. The molecule has 146 valence electrons. The van der Waals surface area contributed by atoms with Gasteiger partial charge < -0.3 is 24.4 Å². The van der Waals surface area contributed by atoms with Crippen molar-refractivity contribution >= 4 is 11.7 Å². The van der Waals surface area contributed by atoms with E-state index in [1.807, 2.05) is 18.2 Å². The lowest BCUT2D eigenvalue weighted by molar-refractivity contribution is -0.908. The highest BCUT2D eigenvalue weighted by Crippen LogP contribution is 2.41. The number of hydrogen-bond donors (Lipinski definition) is 2. The number of quaternary nitrogens is 1. The number of carbonyl (C=O) groups excluding carboxylic acids is 2. The van der Waals surface area contributed by atoms with Gasteiger partial charge in [0.2, 0.25) is 0 Å². The molecule has 1 amide bonds. The van der Waals surface area contributed by atoms with Gasteiger partial charge in [0.05, 0.1) is 38.5 Å². The molecule has 27 heavy (non-hydrogen) atoms. The first-order chi connectivity index (χ1) is 13.0. The minimum atomic E-state index is -0.620. The van der Waals surface area contributed by atoms with Crippen LogP contribution in [0.4, 0.5) is 0 Å². The lowest BCUT2D eigenvalue weighted by atomic mass is 9.96. The largest absolute Gasteiger partial charge is 0.503 e. The molecular weight excluding hydrogens is 348 g/mol. The first-order valence-corrected chi connectivity index (χ1v) is 9.33. The zero-order chi connectivity index (χ0) is 19.4. The molecule has 0 aromatic heterocycles. The third-order valence-electron chi connectivity index (χ3n) is 5.25. The molecule has 0 spiro atoms. The summed E-state index contributed by atoms with van der Waals surface area (Å²) in [5.74, 6) is -0.657. The Labute approximate surface area is 159 Å². The number of nitrogens with zero attached hydrogens (tertiary/aromatic N) is 1. The number of methoxy groups -OCH3 is 1. The summed E-state index contributed by atoms with van der Waals surface area (Å²) in [5.41, 5.74) is 0.851. The number of benzene rings is 1. The van der Waals surface area contributed by atoms with Crippen LogP contribution >= 0.6 is 0 Å². The quantitative estimate of drug-likeness (QED) is 0.716. The zero-order valence-electron chi connectivity index (χ0n) is 15.9. The summed E-state index contributed by atoms with van der Waals surface area (Å²) in [6.45, 7) is 6.22. The van der Waals surface area contributed by atoms with E-state index in [2.05, 4.69) is 0 Å². The van der Waals surface area contributed by atoms with Gasteiger partial charge in [0.25, 0.3) is 5.91 Å². The van der Waals surface area contributed by atoms with E-state index in [-0.39, 0.29) is 11.4 Å². The number of rotatable bonds is 7. The number of morpholine rings is 1. The average molecular weight is 375 g/mol. The van der Waals surface area contributed by atoms with Crippen LogP contribution in [0, 0.1) is 0 Å². The molecule has 2 aliphatic heterocycles. The van der Waals surface area contributed by atoms with Gasteiger partial charge in [-0.1, -0.05) is 18.2 Å². The zero-order valence-corrected chi connectivity index (χ0v) is 15.9. The highest BCUT2D eigenvalue weighted by molar-refractivity contribution is 6.08. The lowest BCUT2D eigenvalue weighted by Crippen LogP contribution is -3.14. The molecule has 1 fully saturated rings. The van der Waals surface area contributed by atoms with Crippen LogP contribution in [0.3, 0.4) is 0 Å². The second-order valence-electron chi connectivity index (χ2n) is 6.93. The fourth-order valence-corrected chi connectivity index (χ4v) is 3.87. The van der Waals surface area contributed by atoms with Gasteiger partial charge in [0.1, 0.15) is 18.8 Å². The van der Waals surface area contributed by atoms with Gasteiger partial charge in [-0.3, -0.25) is 9.59 Å². The lowest BCUT2D eigenvalue weighted by Gasteiger charge is -2.29. The number of aliphatic hydroxyl groups is 1. The van der Waals surface area contributed by atoms with Crippen molar-refractivity contribution in [2.75, 3.05) is 46.5 Å². The third kappa shape index (κ3) is 3.99. The van der Waals surface area contributed by atoms with E-state index in [4.69, 9.17) is 9.47 Å². The van der Waals surface area contributed by atoms with Gasteiger partial charge >= 0.3 is 0 Å². The standard InChI is InChI=1S/C20H26N2O5/c1-14(23)17-18(15-6-3-4-7-16(15)26-2)22(20(25)19(17)24)9-5-8-21-10-12-27-13-11-21/h3-4,6-7,18,24H,5,8-13H2,1-2H3/p+1/t18-/m0/s1. The van der Waals surface area contributed by atoms with E-state index in [1.54, 1.807) is 18.1 Å². The Morgan fingerprint density at radius 1 is 1.33 bits per heavy atom. The number of Topliss-reactive ketones (excluding diaryl/α,β-unsaturated/α-hetero) is 1. The molecule has 0 bridgehead atoms. The molecule has 0 saturated carbocycles. The first-order valence-electron chi connectivity index (χ1n) is 9.33. The first kappa shape index (κ1) is 19.4. The maximum absolute atomic E-state index is 12.7. The molecule has 1 aromatic carbocycles. The van der Waals surface area contributed by atoms with Gasteiger partial charge in [-0.05, 0) is 13.0 Å². The molecule has 0 unspecified atom stereocenters. The summed E-state index contributed by atoms with van der Waals surface area (Å²) in [4.78, 5) is 27.9. The summed E-state index contributed by atoms with van der Waals surface area (Å²) in [5, 5.41) is 10.3. The highest BCUT2D eigenvalue weighted by Gasteiger charge is 2.43. The highest BCUT2D eigenvalue weighted by atomic mass is 16.5. The Balaban J connectivity index is 1.82. The van der Waals surface area contributed by atoms with Crippen molar-refractivity contribution < 1.29 is 29.1 Å². The number of para-hydroxylation sites is 1. The number of amides is 1. The normalized spacial score (nSPS) is 21.0. The number of carbonyl (C=O) groups is 2. The van der Waals surface area contributed by atoms with Crippen LogP contribution in [0.15, 0.2) is 35.6 Å². The van der Waals surface area contributed by atoms with E-state index in [0.29, 0.717) is 17.9 Å². The summed E-state index contributed by atoms with van der Waals surface area (Å²) in [6.07, 6.45) is 0.783. The molecule has 3 rings (SSSR count). The predicted octanol–water partition coefficient (Wildman–Crippen LogP) is 0.285. The number of ketones is 1. The fraction of sp³-hybridized carbons (Fsp3) is 0.500. The van der Waals surface area contributed by atoms with E-state index < -0.39 is 17.7 Å². The molecule has 7 heteroatoms. The predicted molar refractivity (Wildman–Crippen MR) is 98.8 cm³/mol. The minimum absolute atomic E-state index is 0.142. The molecule has 1 atom stereocenters. The molecule has 2 aliphatic rings. The number of nitrogens with one attached hydrogen (secondary N) is 1. The summed E-state index contributed by atoms with van der Waals surface area (Å²) in [6, 6.07) is 6.68. The van der Waals surface area contributed by atoms with Gasteiger partial charge in [0.15, 0.2) is 11.5 Å². The van der Waals surface area contributed by atoms with Crippen molar-refractivity contribution in [1.29, 1.82) is 0 Å². The Bertz CT molecular complexity index is 740. The van der Waals surface area contributed by atoms with Gasteiger partial charge in [-0.2, -0.15) is 0 Å². The Hall–Kier alpha value is -2.38. The molecule has 2 heterocycles. The van der Waals surface area contributed by atoms with Crippen LogP contribution in [-0.2, 0) is 14.3 Å². The molecular formula is C20H27N2O5+. The summed E-state index contributed by atoms with van der Waals surface area (Å²) in [7, 11) is 1.55. The molecule has 7 nitrogen and oxygen atoms in total. The van der Waals surface area contributed by atoms with E-state index >= 15 is 0 Å². The maximum Gasteiger partial charge on any atom is 0.290 e. The van der Waals surface area contributed by atoms with Gasteiger partial charge in [-0.25, -0.2) is 0 Å². The topological polar surface area (TPSA) is 80.5 Å². The second kappa shape index (κ2) is 8.54. The Kier molecular flexibility index (Phi) is 6.13. The van der Waals surface area contributed by atoms with Crippen molar-refractivity contribution in [2.45, 2.75) is 19.4 Å². The van der Waals surface area contributed by atoms with Crippen LogP contribution < -0.4 is 9.64 Å². The fourth-order valence-electron chi connectivity index (χ4n) is 3.87.